The van der Waals surface area contributed by atoms with E-state index in [4.69, 9.17) is 0 Å². The number of carbonyl (C=O) groups excluding carboxylic acids is 1. The van der Waals surface area contributed by atoms with Crippen molar-refractivity contribution >= 4 is 22.6 Å². The Kier molecular flexibility index (Phi) is 4.02. The van der Waals surface area contributed by atoms with Crippen molar-refractivity contribution in [2.45, 2.75) is 26.7 Å². The van der Waals surface area contributed by atoms with Crippen LogP contribution in [0.15, 0.2) is 36.4 Å². The minimum atomic E-state index is -0.106. The number of amides is 1. The Labute approximate surface area is 134 Å². The van der Waals surface area contributed by atoms with Crippen LogP contribution in [-0.4, -0.2) is 21.0 Å². The lowest BCUT2D eigenvalue weighted by Gasteiger charge is -2.06. The first-order valence-electron chi connectivity index (χ1n) is 7.56. The van der Waals surface area contributed by atoms with Gasteiger partial charge in [0, 0.05) is 24.6 Å². The highest BCUT2D eigenvalue weighted by Crippen LogP contribution is 2.21. The summed E-state index contributed by atoms with van der Waals surface area (Å²) in [5.74, 6) is 0.872. The van der Waals surface area contributed by atoms with Crippen LogP contribution in [0, 0.1) is 13.8 Å². The standard InChI is InChI=1S/C18H19N3O2/c1-11-6-7-13(10-15(11)22)19-17(23)9-8-16-20-14-5-3-4-12(2)18(14)21-16/h3-7,10,22H,8-9H2,1-2H3,(H,19,23)(H,20,21). The normalized spacial score (nSPS) is 10.9. The molecule has 5 nitrogen and oxygen atoms in total. The number of benzene rings is 2. The molecule has 5 heteroatoms. The van der Waals surface area contributed by atoms with E-state index in [1.54, 1.807) is 18.2 Å². The molecule has 0 atom stereocenters. The highest BCUT2D eigenvalue weighted by molar-refractivity contribution is 5.91. The van der Waals surface area contributed by atoms with E-state index < -0.39 is 0 Å². The first kappa shape index (κ1) is 15.1. The first-order valence-corrected chi connectivity index (χ1v) is 7.56. The smallest absolute Gasteiger partial charge is 0.224 e. The third-order valence-corrected chi connectivity index (χ3v) is 3.85. The number of hydrogen-bond acceptors (Lipinski definition) is 3. The number of nitrogens with one attached hydrogen (secondary N) is 2. The van der Waals surface area contributed by atoms with Crippen LogP contribution in [0.5, 0.6) is 5.75 Å². The Balaban J connectivity index is 1.63. The molecule has 1 heterocycles. The van der Waals surface area contributed by atoms with Crippen molar-refractivity contribution in [2.75, 3.05) is 5.32 Å². The Bertz CT molecular complexity index is 868. The molecule has 0 radical (unpaired) electrons. The molecule has 0 unspecified atom stereocenters. The Morgan fingerprint density at radius 1 is 1.22 bits per heavy atom. The van der Waals surface area contributed by atoms with E-state index in [1.807, 2.05) is 32.0 Å². The van der Waals surface area contributed by atoms with E-state index >= 15 is 0 Å². The second kappa shape index (κ2) is 6.12. The van der Waals surface area contributed by atoms with E-state index in [0.29, 0.717) is 18.5 Å². The number of carbonyl (C=O) groups is 1. The fraction of sp³-hybridized carbons (Fsp3) is 0.222. The molecule has 0 aliphatic carbocycles. The van der Waals surface area contributed by atoms with Gasteiger partial charge in [-0.15, -0.1) is 0 Å². The van der Waals surface area contributed by atoms with Crippen molar-refractivity contribution in [3.8, 4) is 5.75 Å². The number of anilines is 1. The molecule has 0 aliphatic rings. The SMILES string of the molecule is Cc1ccc(NC(=O)CCc2nc3c(C)cccc3[nH]2)cc1O. The molecule has 0 fully saturated rings. The molecule has 3 rings (SSSR count). The van der Waals surface area contributed by atoms with Crippen LogP contribution in [0.25, 0.3) is 11.0 Å². The number of imidazole rings is 1. The topological polar surface area (TPSA) is 78.0 Å². The fourth-order valence-electron chi connectivity index (χ4n) is 2.49. The van der Waals surface area contributed by atoms with Gasteiger partial charge in [-0.25, -0.2) is 4.98 Å². The number of aromatic nitrogens is 2. The van der Waals surface area contributed by atoms with E-state index in [1.165, 1.54) is 0 Å². The average molecular weight is 309 g/mol. The van der Waals surface area contributed by atoms with Crippen LogP contribution in [0.2, 0.25) is 0 Å². The van der Waals surface area contributed by atoms with Crippen molar-refractivity contribution in [3.63, 3.8) is 0 Å². The summed E-state index contributed by atoms with van der Waals surface area (Å²) >= 11 is 0. The molecule has 118 valence electrons. The number of phenolic OH excluding ortho intramolecular Hbond substituents is 1. The van der Waals surface area contributed by atoms with Crippen LogP contribution in [0.4, 0.5) is 5.69 Å². The molecule has 1 amide bonds. The van der Waals surface area contributed by atoms with Gasteiger partial charge in [-0.05, 0) is 37.1 Å². The van der Waals surface area contributed by atoms with E-state index in [-0.39, 0.29) is 11.7 Å². The van der Waals surface area contributed by atoms with E-state index in [0.717, 1.165) is 28.0 Å². The summed E-state index contributed by atoms with van der Waals surface area (Å²) in [6.07, 6.45) is 0.866. The zero-order chi connectivity index (χ0) is 16.4. The minimum absolute atomic E-state index is 0.106. The zero-order valence-corrected chi connectivity index (χ0v) is 13.2. The van der Waals surface area contributed by atoms with Crippen LogP contribution in [0.3, 0.4) is 0 Å². The summed E-state index contributed by atoms with van der Waals surface area (Å²) in [6, 6.07) is 11.1. The predicted octanol–water partition coefficient (Wildman–Crippen LogP) is 3.46. The third-order valence-electron chi connectivity index (χ3n) is 3.85. The van der Waals surface area contributed by atoms with Crippen LogP contribution >= 0.6 is 0 Å². The van der Waals surface area contributed by atoms with Gasteiger partial charge >= 0.3 is 0 Å². The lowest BCUT2D eigenvalue weighted by molar-refractivity contribution is -0.116. The first-order chi connectivity index (χ1) is 11.0. The quantitative estimate of drug-likeness (QED) is 0.690. The molecule has 2 aromatic carbocycles. The summed E-state index contributed by atoms with van der Waals surface area (Å²) in [5.41, 5.74) is 4.43. The highest BCUT2D eigenvalue weighted by atomic mass is 16.3. The van der Waals surface area contributed by atoms with Gasteiger partial charge in [0.2, 0.25) is 5.91 Å². The van der Waals surface area contributed by atoms with Crippen LogP contribution in [-0.2, 0) is 11.2 Å². The number of aromatic amines is 1. The van der Waals surface area contributed by atoms with Gasteiger partial charge < -0.3 is 15.4 Å². The zero-order valence-electron chi connectivity index (χ0n) is 13.2. The van der Waals surface area contributed by atoms with E-state index in [9.17, 15) is 9.90 Å². The minimum Gasteiger partial charge on any atom is -0.508 e. The van der Waals surface area contributed by atoms with Crippen molar-refractivity contribution in [3.05, 3.63) is 53.3 Å². The molecule has 3 aromatic rings. The van der Waals surface area contributed by atoms with Gasteiger partial charge in [0.1, 0.15) is 11.6 Å². The third kappa shape index (κ3) is 3.34. The van der Waals surface area contributed by atoms with Crippen molar-refractivity contribution in [1.82, 2.24) is 9.97 Å². The number of fused-ring (bicyclic) bond motifs is 1. The average Bonchev–Trinajstić information content (AvgIpc) is 2.94. The molecule has 0 spiro atoms. The maximum atomic E-state index is 12.0. The lowest BCUT2D eigenvalue weighted by Crippen LogP contribution is -2.12. The number of para-hydroxylation sites is 1. The number of phenols is 1. The molecular formula is C18H19N3O2. The highest BCUT2D eigenvalue weighted by Gasteiger charge is 2.08. The summed E-state index contributed by atoms with van der Waals surface area (Å²) in [7, 11) is 0. The van der Waals surface area contributed by atoms with Gasteiger partial charge in [-0.1, -0.05) is 18.2 Å². The summed E-state index contributed by atoms with van der Waals surface area (Å²) in [6.45, 7) is 3.83. The van der Waals surface area contributed by atoms with Gasteiger partial charge in [0.25, 0.3) is 0 Å². The molecule has 0 saturated carbocycles. The molecule has 23 heavy (non-hydrogen) atoms. The Morgan fingerprint density at radius 3 is 2.78 bits per heavy atom. The van der Waals surface area contributed by atoms with Gasteiger partial charge in [-0.2, -0.15) is 0 Å². The summed E-state index contributed by atoms with van der Waals surface area (Å²) in [4.78, 5) is 19.8. The number of aryl methyl sites for hydroxylation is 3. The number of nitrogens with zero attached hydrogens (tertiary/aromatic N) is 1. The number of rotatable bonds is 4. The number of aromatic hydroxyl groups is 1. The van der Waals surface area contributed by atoms with Crippen molar-refractivity contribution in [2.24, 2.45) is 0 Å². The number of hydrogen-bond donors (Lipinski definition) is 3. The number of H-pyrrole nitrogens is 1. The van der Waals surface area contributed by atoms with Crippen LogP contribution in [0.1, 0.15) is 23.4 Å². The Hall–Kier alpha value is -2.82. The molecule has 0 aliphatic heterocycles. The predicted molar refractivity (Wildman–Crippen MR) is 90.6 cm³/mol. The monoisotopic (exact) mass is 309 g/mol. The van der Waals surface area contributed by atoms with Gasteiger partial charge in [-0.3, -0.25) is 4.79 Å². The second-order valence-corrected chi connectivity index (χ2v) is 5.70. The second-order valence-electron chi connectivity index (χ2n) is 5.70. The molecule has 0 saturated heterocycles. The fourth-order valence-corrected chi connectivity index (χ4v) is 2.49. The largest absolute Gasteiger partial charge is 0.508 e. The van der Waals surface area contributed by atoms with Crippen molar-refractivity contribution in [1.29, 1.82) is 0 Å². The summed E-state index contributed by atoms with van der Waals surface area (Å²) in [5, 5.41) is 12.4. The van der Waals surface area contributed by atoms with Crippen molar-refractivity contribution < 1.29 is 9.90 Å². The maximum absolute atomic E-state index is 12.0. The summed E-state index contributed by atoms with van der Waals surface area (Å²) < 4.78 is 0. The molecule has 0 bridgehead atoms. The Morgan fingerprint density at radius 2 is 2.04 bits per heavy atom. The van der Waals surface area contributed by atoms with Gasteiger partial charge in [0.05, 0.1) is 11.0 Å². The lowest BCUT2D eigenvalue weighted by atomic mass is 10.2. The maximum Gasteiger partial charge on any atom is 0.224 e. The van der Waals surface area contributed by atoms with E-state index in [2.05, 4.69) is 15.3 Å². The van der Waals surface area contributed by atoms with Gasteiger partial charge in [0.15, 0.2) is 0 Å². The molecule has 1 aromatic heterocycles. The molecule has 3 N–H and O–H groups in total. The van der Waals surface area contributed by atoms with Crippen LogP contribution < -0.4 is 5.32 Å². The molecular weight excluding hydrogens is 290 g/mol.